The topological polar surface area (TPSA) is 66.4 Å². The lowest BCUT2D eigenvalue weighted by Crippen LogP contribution is -2.51. The molecule has 1 saturated heterocycles. The monoisotopic (exact) mass is 571 g/mol. The summed E-state index contributed by atoms with van der Waals surface area (Å²) >= 11 is 3.92. The van der Waals surface area contributed by atoms with Gasteiger partial charge in [-0.1, -0.05) is 88.8 Å². The zero-order valence-corrected chi connectivity index (χ0v) is 24.3. The Bertz CT molecular complexity index is 822. The maximum atomic E-state index is 10.4. The van der Waals surface area contributed by atoms with Crippen LogP contribution in [-0.4, -0.2) is 48.8 Å². The lowest BCUT2D eigenvalue weighted by Gasteiger charge is -2.37. The van der Waals surface area contributed by atoms with E-state index in [9.17, 15) is 13.0 Å². The normalized spacial score (nSPS) is 20.0. The Morgan fingerprint density at radius 1 is 1.00 bits per heavy atom. The molecule has 0 saturated carbocycles. The fourth-order valence-corrected chi connectivity index (χ4v) is 5.48. The third-order valence-electron chi connectivity index (χ3n) is 6.44. The van der Waals surface area contributed by atoms with Crippen LogP contribution in [0.2, 0.25) is 0 Å². The van der Waals surface area contributed by atoms with Crippen LogP contribution >= 0.6 is 16.1 Å². The average molecular weight is 573 g/mol. The van der Waals surface area contributed by atoms with E-state index in [0.717, 1.165) is 35.2 Å². The van der Waals surface area contributed by atoms with E-state index in [1.54, 1.807) is 12.1 Å². The highest BCUT2D eigenvalue weighted by Crippen LogP contribution is 2.24. The second-order valence-electron chi connectivity index (χ2n) is 9.72. The van der Waals surface area contributed by atoms with Crippen LogP contribution in [-0.2, 0) is 14.9 Å². The Labute approximate surface area is 223 Å². The van der Waals surface area contributed by atoms with Crippen molar-refractivity contribution in [3.63, 3.8) is 0 Å². The zero-order chi connectivity index (χ0) is 26.0. The van der Waals surface area contributed by atoms with Gasteiger partial charge >= 0.3 is 0 Å². The number of benzene rings is 1. The molecule has 0 N–H and O–H groups in total. The van der Waals surface area contributed by atoms with Crippen molar-refractivity contribution in [2.75, 3.05) is 26.2 Å². The van der Waals surface area contributed by atoms with E-state index in [1.807, 2.05) is 6.92 Å². The molecule has 7 heteroatoms. The Morgan fingerprint density at radius 2 is 1.51 bits per heavy atom. The van der Waals surface area contributed by atoms with Crippen molar-refractivity contribution < 1.29 is 21.2 Å². The van der Waals surface area contributed by atoms with Crippen LogP contribution in [0.4, 0.5) is 0 Å². The number of rotatable bonds is 15. The molecule has 1 aromatic rings. The van der Waals surface area contributed by atoms with Gasteiger partial charge in [-0.25, -0.2) is 8.42 Å². The molecule has 2 atom stereocenters. The molecule has 200 valence electrons. The highest BCUT2D eigenvalue weighted by atomic mass is 79.9. The van der Waals surface area contributed by atoms with Gasteiger partial charge in [-0.05, 0) is 31.9 Å². The fourth-order valence-electron chi connectivity index (χ4n) is 4.29. The van der Waals surface area contributed by atoms with Crippen LogP contribution in [0.3, 0.4) is 0 Å². The molecule has 1 aliphatic rings. The first-order valence-corrected chi connectivity index (χ1v) is 15.5. The predicted octanol–water partition coefficient (Wildman–Crippen LogP) is 7.14. The molecule has 0 radical (unpaired) electrons. The summed E-state index contributed by atoms with van der Waals surface area (Å²) in [6.07, 6.45) is 23.3. The third-order valence-corrected chi connectivity index (χ3v) is 8.29. The number of terminal acetylenes is 1. The van der Waals surface area contributed by atoms with Crippen molar-refractivity contribution in [1.82, 2.24) is 0 Å². The van der Waals surface area contributed by atoms with Crippen LogP contribution < -0.4 is 0 Å². The van der Waals surface area contributed by atoms with E-state index >= 15 is 0 Å². The smallest absolute Gasteiger partial charge is 0.227 e. The van der Waals surface area contributed by atoms with E-state index in [0.29, 0.717) is 0 Å². The number of halogens is 1. The molecule has 0 aliphatic carbocycles. The summed E-state index contributed by atoms with van der Waals surface area (Å²) in [6.45, 7) is 8.23. The third kappa shape index (κ3) is 15.7. The minimum absolute atomic E-state index is 0.178. The number of ether oxygens (including phenoxy) is 1. The summed E-state index contributed by atoms with van der Waals surface area (Å²) in [7, 11) is -4.27. The van der Waals surface area contributed by atoms with E-state index < -0.39 is 10.1 Å². The fraction of sp³-hybridized carbons (Fsp3) is 0.714. The van der Waals surface area contributed by atoms with Crippen molar-refractivity contribution in [3.05, 3.63) is 29.8 Å². The summed E-state index contributed by atoms with van der Waals surface area (Å²) < 4.78 is 37.9. The number of nitrogens with zero attached hydrogens (tertiary/aromatic N) is 1. The predicted molar refractivity (Wildman–Crippen MR) is 147 cm³/mol. The van der Waals surface area contributed by atoms with E-state index in [2.05, 4.69) is 29.0 Å². The first-order valence-electron chi connectivity index (χ1n) is 13.3. The highest BCUT2D eigenvalue weighted by Gasteiger charge is 2.33. The number of aryl methyl sites for hydroxylation is 1. The maximum absolute atomic E-state index is 10.4. The number of hydrogen-bond acceptors (Lipinski definition) is 4. The lowest BCUT2D eigenvalue weighted by molar-refractivity contribution is -0.795. The molecular weight excluding hydrogens is 526 g/mol. The maximum Gasteiger partial charge on any atom is 0.227 e. The molecule has 5 nitrogen and oxygen atoms in total. The zero-order valence-electron chi connectivity index (χ0n) is 21.9. The number of morpholine rings is 1. The molecule has 2 unspecified atom stereocenters. The Kier molecular flexibility index (Phi) is 16.8. The van der Waals surface area contributed by atoms with Crippen molar-refractivity contribution >= 4 is 26.3 Å². The van der Waals surface area contributed by atoms with E-state index in [1.165, 1.54) is 95.7 Å². The summed E-state index contributed by atoms with van der Waals surface area (Å²) in [6, 6.07) is 5.78. The average Bonchev–Trinajstić information content (AvgIpc) is 2.80. The van der Waals surface area contributed by atoms with Crippen LogP contribution in [0.15, 0.2) is 29.2 Å². The highest BCUT2D eigenvalue weighted by molar-refractivity contribution is 9.05. The van der Waals surface area contributed by atoms with E-state index in [4.69, 9.17) is 11.2 Å². The van der Waals surface area contributed by atoms with Gasteiger partial charge in [0, 0.05) is 6.42 Å². The first kappa shape index (κ1) is 32.1. The summed E-state index contributed by atoms with van der Waals surface area (Å²) in [5.74, 6) is 2.73. The minimum atomic E-state index is -4.27. The second kappa shape index (κ2) is 18.4. The van der Waals surface area contributed by atoms with Crippen LogP contribution in [0.5, 0.6) is 0 Å². The Hall–Kier alpha value is -0.910. The molecule has 1 aromatic carbocycles. The molecule has 0 spiro atoms. The van der Waals surface area contributed by atoms with E-state index in [-0.39, 0.29) is 11.0 Å². The standard InChI is InChI=1S/C21H39BrNO.C7H8O3S/c1-3-5-6-7-8-9-10-11-12-13-14-15-17-23(22)18-19-24-21(20-23)16-4-2;1-6-2-4-7(5-3-6)11(8,9)10/h2,21H,3,5-20H2,1H3;2-5H,1H3,(H,8,9,10)/q+1;/p-1. The van der Waals surface area contributed by atoms with Crippen LogP contribution in [0.25, 0.3) is 0 Å². The van der Waals surface area contributed by atoms with Gasteiger partial charge in [-0.2, -0.15) is 0 Å². The molecule has 1 fully saturated rings. The molecule has 2 rings (SSSR count). The van der Waals surface area contributed by atoms with Gasteiger partial charge in [0.2, 0.25) is 16.1 Å². The van der Waals surface area contributed by atoms with Crippen LogP contribution in [0, 0.1) is 19.3 Å². The van der Waals surface area contributed by atoms with Crippen molar-refractivity contribution in [1.29, 1.82) is 0 Å². The molecule has 1 heterocycles. The number of quaternary nitrogens is 1. The molecule has 0 bridgehead atoms. The van der Waals surface area contributed by atoms with Crippen molar-refractivity contribution in [2.45, 2.75) is 108 Å². The quantitative estimate of drug-likeness (QED) is 0.0970. The minimum Gasteiger partial charge on any atom is -0.744 e. The van der Waals surface area contributed by atoms with Crippen LogP contribution in [0.1, 0.15) is 96.0 Å². The van der Waals surface area contributed by atoms with Gasteiger partial charge in [-0.3, -0.25) is 3.51 Å². The Morgan fingerprint density at radius 3 is 2.00 bits per heavy atom. The van der Waals surface area contributed by atoms with Gasteiger partial charge in [0.25, 0.3) is 0 Å². The molecule has 1 aliphatic heterocycles. The molecule has 0 amide bonds. The summed E-state index contributed by atoms with van der Waals surface area (Å²) in [5, 5.41) is 0. The Balaban J connectivity index is 0.000000462. The summed E-state index contributed by atoms with van der Waals surface area (Å²) in [5.41, 5.74) is 0.928. The molecular formula is C28H46BrNO4S. The van der Waals surface area contributed by atoms with Crippen molar-refractivity contribution in [2.24, 2.45) is 0 Å². The SMILES string of the molecule is C#CCC1C[N+](Br)(CCCCCCCCCCCCCC)CCO1.Cc1ccc(S(=O)(=O)[O-])cc1. The number of unbranched alkanes of at least 4 members (excludes halogenated alkanes) is 11. The molecule has 0 aromatic heterocycles. The molecule has 35 heavy (non-hydrogen) atoms. The van der Waals surface area contributed by atoms with Gasteiger partial charge < -0.3 is 9.29 Å². The second-order valence-corrected chi connectivity index (χ2v) is 12.6. The van der Waals surface area contributed by atoms with Crippen molar-refractivity contribution in [3.8, 4) is 12.3 Å². The van der Waals surface area contributed by atoms with Gasteiger partial charge in [0.15, 0.2) is 0 Å². The van der Waals surface area contributed by atoms with Gasteiger partial charge in [0.1, 0.15) is 29.3 Å². The largest absolute Gasteiger partial charge is 0.744 e. The van der Waals surface area contributed by atoms with Gasteiger partial charge in [-0.15, -0.1) is 12.3 Å². The summed E-state index contributed by atoms with van der Waals surface area (Å²) in [4.78, 5) is -0.178. The first-order chi connectivity index (χ1) is 16.7. The number of hydrogen-bond donors (Lipinski definition) is 0. The van der Waals surface area contributed by atoms with Gasteiger partial charge in [0.05, 0.1) is 18.0 Å². The lowest BCUT2D eigenvalue weighted by atomic mass is 10.1.